The van der Waals surface area contributed by atoms with Crippen LogP contribution in [0.1, 0.15) is 0 Å². The van der Waals surface area contributed by atoms with Gasteiger partial charge in [0.2, 0.25) is 0 Å². The quantitative estimate of drug-likeness (QED) is 0.265. The van der Waals surface area contributed by atoms with Crippen molar-refractivity contribution in [1.29, 1.82) is 0 Å². The monoisotopic (exact) mass is 174 g/mol. The van der Waals surface area contributed by atoms with Crippen molar-refractivity contribution < 1.29 is 29.4 Å². The van der Waals surface area contributed by atoms with E-state index in [2.05, 4.69) is 0 Å². The maximum atomic E-state index is 8.67. The zero-order chi connectivity index (χ0) is 5.58. The molecule has 0 saturated heterocycles. The first-order chi connectivity index (χ1) is 2.73. The van der Waals surface area contributed by atoms with Crippen LogP contribution in [-0.4, -0.2) is 66.0 Å². The molecule has 9 heavy (non-hydrogen) atoms. The summed E-state index contributed by atoms with van der Waals surface area (Å²) < 4.78 is 22.8. The molecule has 0 unspecified atom stereocenters. The third-order valence-electron chi connectivity index (χ3n) is 0. The molecule has 0 fully saturated rings. The molecule has 0 heterocycles. The van der Waals surface area contributed by atoms with Gasteiger partial charge in [-0.2, -0.15) is 4.21 Å². The molecule has 0 amide bonds. The van der Waals surface area contributed by atoms with Crippen LogP contribution in [0.2, 0.25) is 0 Å². The molecular weight excluding hydrogens is 163 g/mol. The van der Waals surface area contributed by atoms with Crippen molar-refractivity contribution in [2.24, 2.45) is 0 Å². The fourth-order valence-electron chi connectivity index (χ4n) is 0. The standard InChI is InChI=1S/CH4O.Na.H2O3S.2H2O.H/c1-2;;1-4(2)3;;;/h2H,1H3;;(H2,1,2,3);2*1H2;. The van der Waals surface area contributed by atoms with E-state index in [-0.39, 0.29) is 40.5 Å². The zero-order valence-corrected chi connectivity index (χ0v) is 4.97. The summed E-state index contributed by atoms with van der Waals surface area (Å²) in [5.41, 5.74) is 0. The molecule has 7 N–H and O–H groups in total. The third kappa shape index (κ3) is 479. The topological polar surface area (TPSA) is 141 Å². The molecule has 0 rings (SSSR count). The molecule has 0 saturated carbocycles. The molecule has 0 bridgehead atoms. The van der Waals surface area contributed by atoms with E-state index >= 15 is 0 Å². The normalized spacial score (nSPS) is 4.56. The fourth-order valence-corrected chi connectivity index (χ4v) is 0. The van der Waals surface area contributed by atoms with Crippen LogP contribution in [0.5, 0.6) is 0 Å². The summed E-state index contributed by atoms with van der Waals surface area (Å²) in [6, 6.07) is 0. The summed E-state index contributed by atoms with van der Waals surface area (Å²) in [4.78, 5) is 0. The van der Waals surface area contributed by atoms with E-state index in [1.165, 1.54) is 0 Å². The molecule has 8 heteroatoms. The SMILES string of the molecule is CO.O.O.O=S(O)O.[NaH]. The van der Waals surface area contributed by atoms with Crippen LogP contribution in [0.25, 0.3) is 0 Å². The number of hydrogen-bond acceptors (Lipinski definition) is 2. The van der Waals surface area contributed by atoms with Gasteiger partial charge in [0.25, 0.3) is 11.4 Å². The van der Waals surface area contributed by atoms with Gasteiger partial charge in [0.05, 0.1) is 0 Å². The van der Waals surface area contributed by atoms with Gasteiger partial charge in [0, 0.05) is 7.11 Å². The predicted molar refractivity (Wildman–Crippen MR) is 35.9 cm³/mol. The summed E-state index contributed by atoms with van der Waals surface area (Å²) in [6.45, 7) is 0. The number of hydrogen-bond donors (Lipinski definition) is 3. The Bertz CT molecular complexity index is 36.0. The number of aliphatic hydroxyl groups is 1. The average Bonchev–Trinajstić information content (AvgIpc) is 1.41. The molecule has 0 spiro atoms. The van der Waals surface area contributed by atoms with Gasteiger partial charge in [-0.15, -0.1) is 0 Å². The molecule has 0 aromatic carbocycles. The summed E-state index contributed by atoms with van der Waals surface area (Å²) in [5.74, 6) is 0. The molecule has 6 nitrogen and oxygen atoms in total. The maximum absolute atomic E-state index is 8.67. The Hall–Kier alpha value is 0.950. The van der Waals surface area contributed by atoms with Crippen LogP contribution >= 0.6 is 0 Å². The van der Waals surface area contributed by atoms with E-state index in [9.17, 15) is 0 Å². The molecule has 0 aromatic rings. The Morgan fingerprint density at radius 2 is 1.11 bits per heavy atom. The van der Waals surface area contributed by atoms with E-state index in [1.807, 2.05) is 0 Å². The van der Waals surface area contributed by atoms with Crippen LogP contribution in [0.4, 0.5) is 0 Å². The van der Waals surface area contributed by atoms with Crippen LogP contribution in [-0.2, 0) is 11.4 Å². The first kappa shape index (κ1) is 32.5. The molecule has 0 atom stereocenters. The molecule has 0 aliphatic carbocycles. The second-order valence-corrected chi connectivity index (χ2v) is 0.692. The Kier molecular flexibility index (Phi) is 131. The van der Waals surface area contributed by atoms with Gasteiger partial charge in [-0.25, -0.2) is 0 Å². The van der Waals surface area contributed by atoms with Gasteiger partial charge in [-0.3, -0.25) is 9.11 Å². The van der Waals surface area contributed by atoms with Crippen molar-refractivity contribution >= 4 is 40.9 Å². The van der Waals surface area contributed by atoms with E-state index in [0.29, 0.717) is 0 Å². The van der Waals surface area contributed by atoms with Crippen molar-refractivity contribution in [2.45, 2.75) is 0 Å². The Labute approximate surface area is 77.3 Å². The Morgan fingerprint density at radius 1 is 1.11 bits per heavy atom. The molecule has 0 aliphatic heterocycles. The number of rotatable bonds is 0. The Balaban J connectivity index is -0.00000000990. The second-order valence-electron chi connectivity index (χ2n) is 0.231. The third-order valence-corrected chi connectivity index (χ3v) is 0. The van der Waals surface area contributed by atoms with Gasteiger partial charge in [-0.05, 0) is 0 Å². The van der Waals surface area contributed by atoms with Crippen LogP contribution in [0.15, 0.2) is 0 Å². The van der Waals surface area contributed by atoms with Gasteiger partial charge in [0.15, 0.2) is 0 Å². The van der Waals surface area contributed by atoms with Crippen molar-refractivity contribution in [3.05, 3.63) is 0 Å². The van der Waals surface area contributed by atoms with Gasteiger partial charge in [-0.1, -0.05) is 0 Å². The van der Waals surface area contributed by atoms with Gasteiger partial charge < -0.3 is 16.1 Å². The van der Waals surface area contributed by atoms with E-state index in [1.54, 1.807) is 0 Å². The first-order valence-electron chi connectivity index (χ1n) is 0.979. The predicted octanol–water partition coefficient (Wildman–Crippen LogP) is -3.01. The van der Waals surface area contributed by atoms with Crippen molar-refractivity contribution in [2.75, 3.05) is 7.11 Å². The van der Waals surface area contributed by atoms with Crippen molar-refractivity contribution in [1.82, 2.24) is 0 Å². The molecule has 0 aromatic heterocycles. The molecule has 58 valence electrons. The van der Waals surface area contributed by atoms with Crippen molar-refractivity contribution in [3.63, 3.8) is 0 Å². The summed E-state index contributed by atoms with van der Waals surface area (Å²) in [5, 5.41) is 7.00. The molecular formula is CH11NaO6S. The van der Waals surface area contributed by atoms with Crippen LogP contribution < -0.4 is 0 Å². The van der Waals surface area contributed by atoms with E-state index in [0.717, 1.165) is 7.11 Å². The first-order valence-corrected chi connectivity index (χ1v) is 2.04. The summed E-state index contributed by atoms with van der Waals surface area (Å²) in [7, 11) is 1.00. The van der Waals surface area contributed by atoms with Gasteiger partial charge >= 0.3 is 29.6 Å². The van der Waals surface area contributed by atoms with Crippen molar-refractivity contribution in [3.8, 4) is 0 Å². The summed E-state index contributed by atoms with van der Waals surface area (Å²) >= 11 is -2.61. The van der Waals surface area contributed by atoms with E-state index in [4.69, 9.17) is 18.4 Å². The molecule has 0 radical (unpaired) electrons. The molecule has 0 aliphatic rings. The minimum atomic E-state index is -2.61. The number of aliphatic hydroxyl groups excluding tert-OH is 1. The summed E-state index contributed by atoms with van der Waals surface area (Å²) in [6.07, 6.45) is 0. The average molecular weight is 174 g/mol. The van der Waals surface area contributed by atoms with Gasteiger partial charge in [0.1, 0.15) is 0 Å². The van der Waals surface area contributed by atoms with Crippen LogP contribution in [0.3, 0.4) is 0 Å². The van der Waals surface area contributed by atoms with Crippen LogP contribution in [0, 0.1) is 0 Å². The zero-order valence-electron chi connectivity index (χ0n) is 4.16. The fraction of sp³-hybridized carbons (Fsp3) is 1.00. The minimum absolute atomic E-state index is 0. The Morgan fingerprint density at radius 3 is 1.11 bits per heavy atom. The second kappa shape index (κ2) is 36.3. The van der Waals surface area contributed by atoms with E-state index < -0.39 is 11.4 Å².